The first-order chi connectivity index (χ1) is 15.5. The van der Waals surface area contributed by atoms with Crippen molar-refractivity contribution in [3.05, 3.63) is 81.2 Å². The van der Waals surface area contributed by atoms with Crippen molar-refractivity contribution >= 4 is 39.1 Å². The molecule has 2 heterocycles. The zero-order valence-electron chi connectivity index (χ0n) is 18.7. The molecule has 0 saturated carbocycles. The third-order valence-electron chi connectivity index (χ3n) is 6.09. The standard InChI is InChI=1S/C25H24N2O5S/c1-13-6-5-7-14(2)20(13)12-33(31,32)17-8-9-21-18(10-17)19(24(28)27-21)11-22-15(3)23(25(29)30)16(4)26-22/h5-11,26H,12H2,1-4H3,(H,27,28)(H,29,30). The third-order valence-corrected chi connectivity index (χ3v) is 7.73. The average Bonchev–Trinajstić information content (AvgIpc) is 3.19. The predicted octanol–water partition coefficient (Wildman–Crippen LogP) is 4.41. The number of anilines is 1. The van der Waals surface area contributed by atoms with Crippen LogP contribution in [0.1, 0.15) is 49.6 Å². The first kappa shape index (κ1) is 22.5. The molecule has 1 amide bonds. The number of fused-ring (bicyclic) bond motifs is 1. The summed E-state index contributed by atoms with van der Waals surface area (Å²) >= 11 is 0. The minimum Gasteiger partial charge on any atom is -0.478 e. The van der Waals surface area contributed by atoms with Crippen molar-refractivity contribution in [1.82, 2.24) is 4.98 Å². The molecular weight excluding hydrogens is 440 g/mol. The summed E-state index contributed by atoms with van der Waals surface area (Å²) < 4.78 is 26.5. The van der Waals surface area contributed by atoms with Gasteiger partial charge in [0.2, 0.25) is 0 Å². The molecule has 0 saturated heterocycles. The van der Waals surface area contributed by atoms with Crippen molar-refractivity contribution < 1.29 is 23.1 Å². The Bertz CT molecular complexity index is 1440. The number of carboxylic acids is 1. The molecule has 33 heavy (non-hydrogen) atoms. The van der Waals surface area contributed by atoms with Gasteiger partial charge in [0.05, 0.1) is 21.8 Å². The van der Waals surface area contributed by atoms with Gasteiger partial charge >= 0.3 is 5.97 Å². The summed E-state index contributed by atoms with van der Waals surface area (Å²) in [4.78, 5) is 27.3. The number of sulfone groups is 1. The van der Waals surface area contributed by atoms with E-state index in [-0.39, 0.29) is 27.7 Å². The molecule has 0 fully saturated rings. The molecule has 2 aromatic carbocycles. The van der Waals surface area contributed by atoms with E-state index in [0.29, 0.717) is 28.2 Å². The molecule has 1 aliphatic rings. The third kappa shape index (κ3) is 3.98. The van der Waals surface area contributed by atoms with Crippen LogP contribution in [0.4, 0.5) is 5.69 Å². The number of aryl methyl sites for hydroxylation is 3. The molecule has 8 heteroatoms. The second-order valence-corrected chi connectivity index (χ2v) is 10.3. The molecule has 1 aromatic heterocycles. The van der Waals surface area contributed by atoms with E-state index in [1.54, 1.807) is 26.0 Å². The zero-order valence-corrected chi connectivity index (χ0v) is 19.6. The minimum atomic E-state index is -3.67. The fourth-order valence-electron chi connectivity index (χ4n) is 4.24. The molecule has 0 unspecified atom stereocenters. The topological polar surface area (TPSA) is 116 Å². The van der Waals surface area contributed by atoms with Gasteiger partial charge in [-0.05, 0) is 74.2 Å². The Balaban J connectivity index is 1.77. The number of nitrogens with one attached hydrogen (secondary N) is 2. The van der Waals surface area contributed by atoms with E-state index in [1.165, 1.54) is 12.1 Å². The van der Waals surface area contributed by atoms with E-state index in [9.17, 15) is 23.1 Å². The highest BCUT2D eigenvalue weighted by Crippen LogP contribution is 2.36. The number of aromatic amines is 1. The number of hydrogen-bond donors (Lipinski definition) is 3. The first-order valence-electron chi connectivity index (χ1n) is 10.4. The van der Waals surface area contributed by atoms with Crippen LogP contribution in [0.25, 0.3) is 11.6 Å². The van der Waals surface area contributed by atoms with Crippen LogP contribution in [0.3, 0.4) is 0 Å². The highest BCUT2D eigenvalue weighted by molar-refractivity contribution is 7.90. The Morgan fingerprint density at radius 3 is 2.33 bits per heavy atom. The molecule has 7 nitrogen and oxygen atoms in total. The van der Waals surface area contributed by atoms with E-state index < -0.39 is 15.8 Å². The van der Waals surface area contributed by atoms with Crippen molar-refractivity contribution in [1.29, 1.82) is 0 Å². The molecule has 3 aromatic rings. The van der Waals surface area contributed by atoms with Crippen LogP contribution >= 0.6 is 0 Å². The van der Waals surface area contributed by atoms with Gasteiger partial charge in [0.15, 0.2) is 9.84 Å². The summed E-state index contributed by atoms with van der Waals surface area (Å²) in [6, 6.07) is 10.3. The van der Waals surface area contributed by atoms with Gasteiger partial charge in [0.25, 0.3) is 5.91 Å². The number of benzene rings is 2. The van der Waals surface area contributed by atoms with Crippen LogP contribution in [0.15, 0.2) is 41.3 Å². The first-order valence-corrected chi connectivity index (χ1v) is 12.0. The van der Waals surface area contributed by atoms with E-state index >= 15 is 0 Å². The van der Waals surface area contributed by atoms with Crippen molar-refractivity contribution in [3.63, 3.8) is 0 Å². The second kappa shape index (κ2) is 8.04. The maximum absolute atomic E-state index is 13.2. The molecule has 0 spiro atoms. The summed E-state index contributed by atoms with van der Waals surface area (Å²) in [5.74, 6) is -1.57. The monoisotopic (exact) mass is 464 g/mol. The molecular formula is C25H24N2O5S. The van der Waals surface area contributed by atoms with Crippen molar-refractivity contribution in [2.75, 3.05) is 5.32 Å². The van der Waals surface area contributed by atoms with E-state index in [2.05, 4.69) is 10.3 Å². The summed E-state index contributed by atoms with van der Waals surface area (Å²) in [6.07, 6.45) is 1.57. The number of H-pyrrole nitrogens is 1. The summed E-state index contributed by atoms with van der Waals surface area (Å²) in [5, 5.41) is 12.2. The molecule has 0 aliphatic carbocycles. The fraction of sp³-hybridized carbons (Fsp3) is 0.200. The summed E-state index contributed by atoms with van der Waals surface area (Å²) in [7, 11) is -3.67. The minimum absolute atomic E-state index is 0.122. The Morgan fingerprint density at radius 2 is 1.73 bits per heavy atom. The second-order valence-electron chi connectivity index (χ2n) is 8.32. The number of hydrogen-bond acceptors (Lipinski definition) is 4. The van der Waals surface area contributed by atoms with Crippen LogP contribution in [-0.2, 0) is 20.4 Å². The Labute approximate surface area is 192 Å². The Morgan fingerprint density at radius 1 is 1.06 bits per heavy atom. The average molecular weight is 465 g/mol. The van der Waals surface area contributed by atoms with E-state index in [1.807, 2.05) is 32.0 Å². The van der Waals surface area contributed by atoms with Gasteiger partial charge in [-0.1, -0.05) is 18.2 Å². The van der Waals surface area contributed by atoms with Crippen molar-refractivity contribution in [2.45, 2.75) is 38.3 Å². The lowest BCUT2D eigenvalue weighted by molar-refractivity contribution is -0.110. The summed E-state index contributed by atoms with van der Waals surface area (Å²) in [5.41, 5.74) is 5.47. The van der Waals surface area contributed by atoms with Crippen molar-refractivity contribution in [3.8, 4) is 0 Å². The SMILES string of the molecule is Cc1cccc(C)c1CS(=O)(=O)c1ccc2c(c1)C(=Cc1[nH]c(C)c(C(=O)O)c1C)C(=O)N2. The van der Waals surface area contributed by atoms with Gasteiger partial charge in [-0.25, -0.2) is 13.2 Å². The molecule has 0 bridgehead atoms. The smallest absolute Gasteiger partial charge is 0.337 e. The molecule has 4 rings (SSSR count). The van der Waals surface area contributed by atoms with Crippen molar-refractivity contribution in [2.24, 2.45) is 0 Å². The molecule has 170 valence electrons. The highest BCUT2D eigenvalue weighted by Gasteiger charge is 2.28. The largest absolute Gasteiger partial charge is 0.478 e. The van der Waals surface area contributed by atoms with E-state index in [0.717, 1.165) is 16.7 Å². The normalized spacial score (nSPS) is 14.4. The van der Waals surface area contributed by atoms with Gasteiger partial charge in [-0.2, -0.15) is 0 Å². The molecule has 1 aliphatic heterocycles. The lowest BCUT2D eigenvalue weighted by atomic mass is 10.0. The number of rotatable bonds is 5. The van der Waals surface area contributed by atoms with Gasteiger partial charge < -0.3 is 15.4 Å². The van der Waals surface area contributed by atoms with Gasteiger partial charge in [-0.3, -0.25) is 4.79 Å². The van der Waals surface area contributed by atoms with Crippen LogP contribution in [0, 0.1) is 27.7 Å². The molecule has 0 atom stereocenters. The Kier molecular flexibility index (Phi) is 5.49. The lowest BCUT2D eigenvalue weighted by Crippen LogP contribution is -2.08. The number of carbonyl (C=O) groups is 2. The number of amides is 1. The number of aromatic nitrogens is 1. The highest BCUT2D eigenvalue weighted by atomic mass is 32.2. The fourth-order valence-corrected chi connectivity index (χ4v) is 5.81. The lowest BCUT2D eigenvalue weighted by Gasteiger charge is -2.11. The quantitative estimate of drug-likeness (QED) is 0.484. The van der Waals surface area contributed by atoms with Gasteiger partial charge in [0, 0.05) is 22.6 Å². The van der Waals surface area contributed by atoms with Crippen LogP contribution in [0.2, 0.25) is 0 Å². The van der Waals surface area contributed by atoms with Crippen LogP contribution in [-0.4, -0.2) is 30.4 Å². The maximum Gasteiger partial charge on any atom is 0.337 e. The zero-order chi connectivity index (χ0) is 24.1. The van der Waals surface area contributed by atoms with Gasteiger partial charge in [0.1, 0.15) is 0 Å². The number of carboxylic acid groups (broad SMARTS) is 1. The predicted molar refractivity (Wildman–Crippen MR) is 127 cm³/mol. The molecule has 0 radical (unpaired) electrons. The van der Waals surface area contributed by atoms with Crippen LogP contribution < -0.4 is 5.32 Å². The van der Waals surface area contributed by atoms with Crippen LogP contribution in [0.5, 0.6) is 0 Å². The number of aromatic carboxylic acids is 1. The van der Waals surface area contributed by atoms with E-state index in [4.69, 9.17) is 0 Å². The van der Waals surface area contributed by atoms with Gasteiger partial charge in [-0.15, -0.1) is 0 Å². The molecule has 3 N–H and O–H groups in total. The number of carbonyl (C=O) groups excluding carboxylic acids is 1. The maximum atomic E-state index is 13.2. The summed E-state index contributed by atoms with van der Waals surface area (Å²) in [6.45, 7) is 7.09. The Hall–Kier alpha value is -3.65.